The van der Waals surface area contributed by atoms with Crippen LogP contribution < -0.4 is 5.73 Å². The molecule has 0 aromatic carbocycles. The van der Waals surface area contributed by atoms with E-state index in [1.54, 1.807) is 11.8 Å². The third kappa shape index (κ3) is 2.17. The van der Waals surface area contributed by atoms with Gasteiger partial charge in [0.2, 0.25) is 0 Å². The van der Waals surface area contributed by atoms with Gasteiger partial charge in [-0.2, -0.15) is 0 Å². The van der Waals surface area contributed by atoms with Gasteiger partial charge in [-0.05, 0) is 6.92 Å². The van der Waals surface area contributed by atoms with Gasteiger partial charge in [0, 0.05) is 18.0 Å². The number of thioether (sulfide) groups is 1. The Bertz CT molecular complexity index is 255. The molecule has 0 saturated heterocycles. The highest BCUT2D eigenvalue weighted by Gasteiger charge is 2.06. The van der Waals surface area contributed by atoms with Gasteiger partial charge < -0.3 is 10.3 Å². The Labute approximate surface area is 77.4 Å². The lowest BCUT2D eigenvalue weighted by molar-refractivity contribution is 0.680. The molecule has 1 rings (SSSR count). The van der Waals surface area contributed by atoms with Crippen LogP contribution >= 0.6 is 11.8 Å². The summed E-state index contributed by atoms with van der Waals surface area (Å²) in [4.78, 5) is 4.23. The average molecular weight is 185 g/mol. The van der Waals surface area contributed by atoms with E-state index in [2.05, 4.69) is 30.3 Å². The van der Waals surface area contributed by atoms with Crippen LogP contribution in [0.3, 0.4) is 0 Å². The van der Waals surface area contributed by atoms with Crippen molar-refractivity contribution in [1.29, 1.82) is 0 Å². The predicted octanol–water partition coefficient (Wildman–Crippen LogP) is 1.99. The number of imidazole rings is 1. The minimum absolute atomic E-state index is 0.553. The molecule has 1 aromatic rings. The molecule has 0 aliphatic rings. The Hall–Kier alpha value is -0.640. The first-order chi connectivity index (χ1) is 5.63. The van der Waals surface area contributed by atoms with Crippen LogP contribution in [-0.4, -0.2) is 14.8 Å². The molecule has 12 heavy (non-hydrogen) atoms. The Morgan fingerprint density at radius 3 is 2.83 bits per heavy atom. The zero-order chi connectivity index (χ0) is 9.14. The summed E-state index contributed by atoms with van der Waals surface area (Å²) >= 11 is 1.74. The fraction of sp³-hybridized carbons (Fsp3) is 0.625. The summed E-state index contributed by atoms with van der Waals surface area (Å²) in [6, 6.07) is 0. The first-order valence-corrected chi connectivity index (χ1v) is 5.00. The van der Waals surface area contributed by atoms with Crippen LogP contribution in [0, 0.1) is 0 Å². The van der Waals surface area contributed by atoms with Crippen molar-refractivity contribution in [3.63, 3.8) is 0 Å². The number of anilines is 1. The fourth-order valence-electron chi connectivity index (χ4n) is 0.950. The van der Waals surface area contributed by atoms with Gasteiger partial charge in [0.05, 0.1) is 0 Å². The molecule has 2 N–H and O–H groups in total. The Kier molecular flexibility index (Phi) is 3.03. The molecule has 68 valence electrons. The molecule has 0 aliphatic heterocycles. The number of aryl methyl sites for hydroxylation is 1. The Morgan fingerprint density at radius 2 is 2.33 bits per heavy atom. The van der Waals surface area contributed by atoms with E-state index in [4.69, 9.17) is 5.73 Å². The van der Waals surface area contributed by atoms with Gasteiger partial charge in [0.15, 0.2) is 5.16 Å². The molecular weight excluding hydrogens is 170 g/mol. The highest BCUT2D eigenvalue weighted by molar-refractivity contribution is 7.99. The SMILES string of the molecule is CCn1cc(N)nc1SC(C)C. The highest BCUT2D eigenvalue weighted by Crippen LogP contribution is 2.22. The van der Waals surface area contributed by atoms with Crippen LogP contribution in [0.15, 0.2) is 11.4 Å². The van der Waals surface area contributed by atoms with Crippen LogP contribution in [0.1, 0.15) is 20.8 Å². The van der Waals surface area contributed by atoms with Crippen molar-refractivity contribution in [2.45, 2.75) is 37.7 Å². The fourth-order valence-corrected chi connectivity index (χ4v) is 1.85. The van der Waals surface area contributed by atoms with Crippen molar-refractivity contribution in [2.75, 3.05) is 5.73 Å². The maximum absolute atomic E-state index is 5.59. The first-order valence-electron chi connectivity index (χ1n) is 4.12. The number of nitrogens with two attached hydrogens (primary N) is 1. The smallest absolute Gasteiger partial charge is 0.170 e. The van der Waals surface area contributed by atoms with Crippen molar-refractivity contribution >= 4 is 17.6 Å². The lowest BCUT2D eigenvalue weighted by Gasteiger charge is -2.05. The summed E-state index contributed by atoms with van der Waals surface area (Å²) in [5.41, 5.74) is 5.59. The van der Waals surface area contributed by atoms with E-state index < -0.39 is 0 Å². The Balaban J connectivity index is 2.81. The van der Waals surface area contributed by atoms with Crippen molar-refractivity contribution in [3.05, 3.63) is 6.20 Å². The average Bonchev–Trinajstić information content (AvgIpc) is 2.29. The normalized spacial score (nSPS) is 11.0. The molecule has 0 bridgehead atoms. The monoisotopic (exact) mass is 185 g/mol. The zero-order valence-corrected chi connectivity index (χ0v) is 8.56. The van der Waals surface area contributed by atoms with Gasteiger partial charge >= 0.3 is 0 Å². The third-order valence-electron chi connectivity index (χ3n) is 1.44. The van der Waals surface area contributed by atoms with Gasteiger partial charge in [-0.1, -0.05) is 25.6 Å². The molecule has 3 nitrogen and oxygen atoms in total. The second kappa shape index (κ2) is 3.85. The third-order valence-corrected chi connectivity index (χ3v) is 2.45. The van der Waals surface area contributed by atoms with E-state index in [1.165, 1.54) is 0 Å². The summed E-state index contributed by atoms with van der Waals surface area (Å²) in [6.07, 6.45) is 1.88. The quantitative estimate of drug-likeness (QED) is 0.732. The minimum Gasteiger partial charge on any atom is -0.382 e. The maximum Gasteiger partial charge on any atom is 0.170 e. The Morgan fingerprint density at radius 1 is 1.67 bits per heavy atom. The van der Waals surface area contributed by atoms with E-state index in [-0.39, 0.29) is 0 Å². The van der Waals surface area contributed by atoms with Crippen LogP contribution in [0.5, 0.6) is 0 Å². The predicted molar refractivity (Wildman–Crippen MR) is 53.3 cm³/mol. The first kappa shape index (κ1) is 9.45. The molecule has 0 unspecified atom stereocenters. The molecule has 0 aliphatic carbocycles. The second-order valence-electron chi connectivity index (χ2n) is 2.90. The van der Waals surface area contributed by atoms with Crippen molar-refractivity contribution < 1.29 is 0 Å². The number of hydrogen-bond acceptors (Lipinski definition) is 3. The molecule has 0 amide bonds. The number of nitrogen functional groups attached to an aromatic ring is 1. The molecule has 0 spiro atoms. The number of aromatic nitrogens is 2. The van der Waals surface area contributed by atoms with Crippen molar-refractivity contribution in [2.24, 2.45) is 0 Å². The van der Waals surface area contributed by atoms with E-state index >= 15 is 0 Å². The summed E-state index contributed by atoms with van der Waals surface area (Å²) < 4.78 is 2.07. The molecule has 0 radical (unpaired) electrons. The standard InChI is InChI=1S/C8H15N3S/c1-4-11-5-7(9)10-8(11)12-6(2)3/h5-6H,4,9H2,1-3H3. The van der Waals surface area contributed by atoms with Gasteiger partial charge in [-0.3, -0.25) is 0 Å². The van der Waals surface area contributed by atoms with E-state index in [0.717, 1.165) is 11.7 Å². The lowest BCUT2D eigenvalue weighted by atomic mass is 10.6. The minimum atomic E-state index is 0.553. The van der Waals surface area contributed by atoms with Crippen molar-refractivity contribution in [3.8, 4) is 0 Å². The van der Waals surface area contributed by atoms with Crippen LogP contribution in [0.25, 0.3) is 0 Å². The van der Waals surface area contributed by atoms with Gasteiger partial charge in [0.1, 0.15) is 5.82 Å². The molecule has 0 atom stereocenters. The van der Waals surface area contributed by atoms with Crippen molar-refractivity contribution in [1.82, 2.24) is 9.55 Å². The molecule has 1 aromatic heterocycles. The number of nitrogens with zero attached hydrogens (tertiary/aromatic N) is 2. The van der Waals surface area contributed by atoms with Gasteiger partial charge in [-0.15, -0.1) is 0 Å². The van der Waals surface area contributed by atoms with E-state index in [1.807, 2.05) is 6.20 Å². The number of rotatable bonds is 3. The lowest BCUT2D eigenvalue weighted by Crippen LogP contribution is -1.97. The van der Waals surface area contributed by atoms with Crippen LogP contribution in [-0.2, 0) is 6.54 Å². The summed E-state index contributed by atoms with van der Waals surface area (Å²) in [6.45, 7) is 7.32. The number of hydrogen-bond donors (Lipinski definition) is 1. The summed E-state index contributed by atoms with van der Waals surface area (Å²) in [5, 5.41) is 1.57. The summed E-state index contributed by atoms with van der Waals surface area (Å²) in [7, 11) is 0. The van der Waals surface area contributed by atoms with Gasteiger partial charge in [0.25, 0.3) is 0 Å². The van der Waals surface area contributed by atoms with Crippen LogP contribution in [0.4, 0.5) is 5.82 Å². The van der Waals surface area contributed by atoms with Gasteiger partial charge in [-0.25, -0.2) is 4.98 Å². The topological polar surface area (TPSA) is 43.8 Å². The summed E-state index contributed by atoms with van der Waals surface area (Å²) in [5.74, 6) is 0.611. The molecular formula is C8H15N3S. The van der Waals surface area contributed by atoms with E-state index in [0.29, 0.717) is 11.1 Å². The maximum atomic E-state index is 5.59. The van der Waals surface area contributed by atoms with E-state index in [9.17, 15) is 0 Å². The molecule has 4 heteroatoms. The second-order valence-corrected chi connectivity index (χ2v) is 4.44. The molecule has 0 fully saturated rings. The van der Waals surface area contributed by atoms with Crippen LogP contribution in [0.2, 0.25) is 0 Å². The molecule has 0 saturated carbocycles. The zero-order valence-electron chi connectivity index (χ0n) is 7.74. The highest BCUT2D eigenvalue weighted by atomic mass is 32.2. The largest absolute Gasteiger partial charge is 0.382 e. The molecule has 1 heterocycles.